The number of rotatable bonds is 5. The highest BCUT2D eigenvalue weighted by Crippen LogP contribution is 2.09. The summed E-state index contributed by atoms with van der Waals surface area (Å²) in [4.78, 5) is 8.07. The van der Waals surface area contributed by atoms with Gasteiger partial charge in [-0.25, -0.2) is 0 Å². The Hall–Kier alpha value is -0.300. The largest absolute Gasteiger partial charge is 0.357 e. The molecule has 1 N–H and O–H groups in total. The fourth-order valence-corrected chi connectivity index (χ4v) is 2.16. The molecule has 0 atom stereocenters. The van der Waals surface area contributed by atoms with E-state index in [0.29, 0.717) is 0 Å². The first-order chi connectivity index (χ1) is 7.77. The highest BCUT2D eigenvalue weighted by molar-refractivity contribution is 14.0. The first-order valence-corrected chi connectivity index (χ1v) is 6.67. The topological polar surface area (TPSA) is 27.6 Å². The van der Waals surface area contributed by atoms with Gasteiger partial charge < -0.3 is 10.2 Å². The van der Waals surface area contributed by atoms with Gasteiger partial charge >= 0.3 is 0 Å². The fraction of sp³-hybridized carbons (Fsp3) is 0.583. The summed E-state index contributed by atoms with van der Waals surface area (Å²) in [5.74, 6) is 1.00. The fourth-order valence-electron chi connectivity index (χ4n) is 1.46. The number of thiophene rings is 1. The van der Waals surface area contributed by atoms with Crippen LogP contribution in [0.4, 0.5) is 0 Å². The molecule has 1 aromatic heterocycles. The van der Waals surface area contributed by atoms with Crippen molar-refractivity contribution in [1.29, 1.82) is 0 Å². The van der Waals surface area contributed by atoms with E-state index in [9.17, 15) is 0 Å². The summed E-state index contributed by atoms with van der Waals surface area (Å²) in [6.07, 6.45) is 1.09. The highest BCUT2D eigenvalue weighted by Gasteiger charge is 2.04. The molecule has 0 unspecified atom stereocenters. The van der Waals surface area contributed by atoms with E-state index < -0.39 is 0 Å². The number of hydrogen-bond donors (Lipinski definition) is 1. The minimum absolute atomic E-state index is 0. The Morgan fingerprint density at radius 1 is 1.47 bits per heavy atom. The Bertz CT molecular complexity index is 312. The van der Waals surface area contributed by atoms with Gasteiger partial charge in [0.2, 0.25) is 0 Å². The van der Waals surface area contributed by atoms with E-state index in [-0.39, 0.29) is 24.0 Å². The van der Waals surface area contributed by atoms with E-state index in [1.54, 1.807) is 0 Å². The van der Waals surface area contributed by atoms with Gasteiger partial charge in [0.15, 0.2) is 5.96 Å². The molecule has 3 nitrogen and oxygen atoms in total. The standard InChI is InChI=1S/C12H21N3S.HI/c1-4-13-12(14-5-2)15(3)9-8-11-7-6-10-16-11;/h6-7,10H,4-5,8-9H2,1-3H3,(H,13,14);1H. The van der Waals surface area contributed by atoms with Gasteiger partial charge in [-0.15, -0.1) is 35.3 Å². The molecular weight excluding hydrogens is 345 g/mol. The summed E-state index contributed by atoms with van der Waals surface area (Å²) >= 11 is 1.82. The van der Waals surface area contributed by atoms with E-state index in [1.165, 1.54) is 4.88 Å². The molecule has 1 rings (SSSR count). The molecule has 0 amide bonds. The van der Waals surface area contributed by atoms with Crippen molar-refractivity contribution in [1.82, 2.24) is 10.2 Å². The predicted molar refractivity (Wildman–Crippen MR) is 87.7 cm³/mol. The van der Waals surface area contributed by atoms with Crippen LogP contribution in [0.15, 0.2) is 22.5 Å². The van der Waals surface area contributed by atoms with Crippen LogP contribution in [0, 0.1) is 0 Å². The average Bonchev–Trinajstić information content (AvgIpc) is 2.78. The maximum atomic E-state index is 4.45. The van der Waals surface area contributed by atoms with Crippen LogP contribution < -0.4 is 5.32 Å². The number of nitrogens with one attached hydrogen (secondary N) is 1. The number of guanidine groups is 1. The molecule has 0 spiro atoms. The summed E-state index contributed by atoms with van der Waals surface area (Å²) in [6, 6.07) is 4.29. The quantitative estimate of drug-likeness (QED) is 0.492. The van der Waals surface area contributed by atoms with Gasteiger partial charge in [-0.2, -0.15) is 0 Å². The Kier molecular flexibility index (Phi) is 9.53. The van der Waals surface area contributed by atoms with E-state index in [0.717, 1.165) is 32.0 Å². The van der Waals surface area contributed by atoms with Crippen molar-refractivity contribution >= 4 is 41.3 Å². The van der Waals surface area contributed by atoms with Crippen molar-refractivity contribution in [2.24, 2.45) is 4.99 Å². The maximum absolute atomic E-state index is 4.45. The summed E-state index contributed by atoms with van der Waals surface area (Å²) in [5.41, 5.74) is 0. The number of likely N-dealkylation sites (N-methyl/N-ethyl adjacent to an activating group) is 1. The van der Waals surface area contributed by atoms with Crippen molar-refractivity contribution < 1.29 is 0 Å². The van der Waals surface area contributed by atoms with Gasteiger partial charge in [-0.3, -0.25) is 4.99 Å². The molecule has 0 saturated heterocycles. The second-order valence-electron chi connectivity index (χ2n) is 3.58. The number of hydrogen-bond acceptors (Lipinski definition) is 2. The summed E-state index contributed by atoms with van der Waals surface area (Å²) < 4.78 is 0. The number of halogens is 1. The minimum atomic E-state index is 0. The third-order valence-corrected chi connectivity index (χ3v) is 3.21. The Labute approximate surface area is 125 Å². The first-order valence-electron chi connectivity index (χ1n) is 5.79. The van der Waals surface area contributed by atoms with Crippen molar-refractivity contribution in [3.8, 4) is 0 Å². The summed E-state index contributed by atoms with van der Waals surface area (Å²) in [5, 5.41) is 5.42. The van der Waals surface area contributed by atoms with Crippen LogP contribution >= 0.6 is 35.3 Å². The summed E-state index contributed by atoms with van der Waals surface area (Å²) in [7, 11) is 2.09. The van der Waals surface area contributed by atoms with Gasteiger partial charge in [-0.1, -0.05) is 6.07 Å². The Morgan fingerprint density at radius 2 is 2.24 bits per heavy atom. The van der Waals surface area contributed by atoms with Crippen LogP contribution in [0.25, 0.3) is 0 Å². The van der Waals surface area contributed by atoms with Crippen LogP contribution in [-0.2, 0) is 6.42 Å². The van der Waals surface area contributed by atoms with Crippen molar-refractivity contribution in [2.75, 3.05) is 26.7 Å². The smallest absolute Gasteiger partial charge is 0.193 e. The second kappa shape index (κ2) is 9.70. The predicted octanol–water partition coefficient (Wildman–Crippen LogP) is 2.83. The lowest BCUT2D eigenvalue weighted by Gasteiger charge is -2.21. The summed E-state index contributed by atoms with van der Waals surface area (Å²) in [6.45, 7) is 6.91. The molecule has 0 aliphatic rings. The van der Waals surface area contributed by atoms with Crippen LogP contribution in [0.5, 0.6) is 0 Å². The number of aliphatic imine (C=N–C) groups is 1. The molecule has 17 heavy (non-hydrogen) atoms. The van der Waals surface area contributed by atoms with Crippen LogP contribution in [0.2, 0.25) is 0 Å². The molecule has 98 valence electrons. The zero-order chi connectivity index (χ0) is 11.8. The molecule has 1 heterocycles. The van der Waals surface area contributed by atoms with E-state index in [2.05, 4.69) is 53.6 Å². The lowest BCUT2D eigenvalue weighted by Crippen LogP contribution is -2.39. The normalized spacial score (nSPS) is 10.9. The molecule has 0 radical (unpaired) electrons. The molecular formula is C12H22IN3S. The Balaban J connectivity index is 0.00000256. The minimum Gasteiger partial charge on any atom is -0.357 e. The zero-order valence-electron chi connectivity index (χ0n) is 10.8. The van der Waals surface area contributed by atoms with Crippen LogP contribution in [0.1, 0.15) is 18.7 Å². The van der Waals surface area contributed by atoms with Gasteiger partial charge in [0, 0.05) is 31.6 Å². The highest BCUT2D eigenvalue weighted by atomic mass is 127. The number of nitrogens with zero attached hydrogens (tertiary/aromatic N) is 2. The van der Waals surface area contributed by atoms with Crippen LogP contribution in [0.3, 0.4) is 0 Å². The second-order valence-corrected chi connectivity index (χ2v) is 4.61. The lowest BCUT2D eigenvalue weighted by molar-refractivity contribution is 0.487. The molecule has 0 aliphatic heterocycles. The maximum Gasteiger partial charge on any atom is 0.193 e. The van der Waals surface area contributed by atoms with E-state index >= 15 is 0 Å². The van der Waals surface area contributed by atoms with Gasteiger partial charge in [0.1, 0.15) is 0 Å². The van der Waals surface area contributed by atoms with E-state index in [1.807, 2.05) is 11.3 Å². The van der Waals surface area contributed by atoms with Gasteiger partial charge in [-0.05, 0) is 31.7 Å². The molecule has 0 saturated carbocycles. The van der Waals surface area contributed by atoms with Gasteiger partial charge in [0.05, 0.1) is 0 Å². The Morgan fingerprint density at radius 3 is 2.76 bits per heavy atom. The third kappa shape index (κ3) is 6.26. The monoisotopic (exact) mass is 367 g/mol. The van der Waals surface area contributed by atoms with Crippen molar-refractivity contribution in [2.45, 2.75) is 20.3 Å². The molecule has 0 aromatic carbocycles. The SMILES string of the molecule is CCN=C(NCC)N(C)CCc1cccs1.I. The zero-order valence-corrected chi connectivity index (χ0v) is 13.9. The van der Waals surface area contributed by atoms with E-state index in [4.69, 9.17) is 0 Å². The third-order valence-electron chi connectivity index (χ3n) is 2.28. The average molecular weight is 367 g/mol. The molecule has 0 aliphatic carbocycles. The molecule has 5 heteroatoms. The van der Waals surface area contributed by atoms with Crippen molar-refractivity contribution in [3.63, 3.8) is 0 Å². The van der Waals surface area contributed by atoms with Gasteiger partial charge in [0.25, 0.3) is 0 Å². The molecule has 1 aromatic rings. The van der Waals surface area contributed by atoms with Crippen molar-refractivity contribution in [3.05, 3.63) is 22.4 Å². The van der Waals surface area contributed by atoms with Crippen LogP contribution in [-0.4, -0.2) is 37.5 Å². The first kappa shape index (κ1) is 16.7. The molecule has 0 fully saturated rings. The lowest BCUT2D eigenvalue weighted by atomic mass is 10.3. The molecule has 0 bridgehead atoms.